The Morgan fingerprint density at radius 2 is 2.20 bits per heavy atom. The van der Waals surface area contributed by atoms with Gasteiger partial charge in [0.25, 0.3) is 0 Å². The third-order valence-corrected chi connectivity index (χ3v) is 2.87. The zero-order chi connectivity index (χ0) is 11.3. The molecule has 0 radical (unpaired) electrons. The largest absolute Gasteiger partial charge is 0.462 e. The Morgan fingerprint density at radius 3 is 2.73 bits per heavy atom. The molecule has 2 atom stereocenters. The molecule has 0 bridgehead atoms. The van der Waals surface area contributed by atoms with E-state index < -0.39 is 0 Å². The van der Waals surface area contributed by atoms with Gasteiger partial charge in [-0.15, -0.1) is 0 Å². The van der Waals surface area contributed by atoms with Crippen LogP contribution in [0.2, 0.25) is 0 Å². The molecule has 1 saturated carbocycles. The molecule has 88 valence electrons. The van der Waals surface area contributed by atoms with Crippen LogP contribution in [0, 0.1) is 11.8 Å². The fourth-order valence-electron chi connectivity index (χ4n) is 2.19. The molecule has 0 heterocycles. The number of esters is 1. The highest BCUT2D eigenvalue weighted by atomic mass is 16.5. The first-order valence-corrected chi connectivity index (χ1v) is 5.98. The zero-order valence-electron chi connectivity index (χ0n) is 10.1. The van der Waals surface area contributed by atoms with Crippen molar-refractivity contribution < 1.29 is 9.53 Å². The van der Waals surface area contributed by atoms with Gasteiger partial charge in [0.05, 0.1) is 12.6 Å². The van der Waals surface area contributed by atoms with Gasteiger partial charge >= 0.3 is 5.97 Å². The number of hydrogen-bond acceptors (Lipinski definition) is 3. The van der Waals surface area contributed by atoms with Crippen molar-refractivity contribution in [3.05, 3.63) is 0 Å². The first-order valence-electron chi connectivity index (χ1n) is 5.98. The molecule has 1 rings (SSSR count). The smallest absolute Gasteiger partial charge is 0.320 e. The van der Waals surface area contributed by atoms with Crippen molar-refractivity contribution in [1.29, 1.82) is 0 Å². The van der Waals surface area contributed by atoms with Crippen molar-refractivity contribution in [3.8, 4) is 0 Å². The summed E-state index contributed by atoms with van der Waals surface area (Å²) in [5, 5.41) is 3.18. The second kappa shape index (κ2) is 6.11. The lowest BCUT2D eigenvalue weighted by atomic mass is 10.1. The molecule has 0 aromatic rings. The van der Waals surface area contributed by atoms with Crippen LogP contribution in [0.5, 0.6) is 0 Å². The quantitative estimate of drug-likeness (QED) is 0.709. The summed E-state index contributed by atoms with van der Waals surface area (Å²) in [4.78, 5) is 11.2. The van der Waals surface area contributed by atoms with Crippen LogP contribution in [0.1, 0.15) is 40.0 Å². The standard InChI is InChI=1S/C12H23NO2/c1-9(2)15-12(14)8-13-7-11-5-4-10(3)6-11/h9-11,13H,4-8H2,1-3H3. The van der Waals surface area contributed by atoms with E-state index in [1.165, 1.54) is 19.3 Å². The van der Waals surface area contributed by atoms with Crippen LogP contribution in [-0.2, 0) is 9.53 Å². The van der Waals surface area contributed by atoms with Crippen molar-refractivity contribution in [1.82, 2.24) is 5.32 Å². The van der Waals surface area contributed by atoms with Crippen molar-refractivity contribution in [2.24, 2.45) is 11.8 Å². The van der Waals surface area contributed by atoms with Crippen LogP contribution < -0.4 is 5.32 Å². The zero-order valence-corrected chi connectivity index (χ0v) is 10.1. The van der Waals surface area contributed by atoms with E-state index in [1.54, 1.807) is 0 Å². The first-order chi connectivity index (χ1) is 7.08. The molecule has 0 saturated heterocycles. The molecule has 1 aliphatic carbocycles. The van der Waals surface area contributed by atoms with Gasteiger partial charge in [0.15, 0.2) is 0 Å². The molecule has 0 aromatic carbocycles. The van der Waals surface area contributed by atoms with Crippen LogP contribution in [0.25, 0.3) is 0 Å². The Kier molecular flexibility index (Phi) is 5.09. The van der Waals surface area contributed by atoms with E-state index in [2.05, 4.69) is 12.2 Å². The van der Waals surface area contributed by atoms with Crippen molar-refractivity contribution in [3.63, 3.8) is 0 Å². The Balaban J connectivity index is 2.03. The molecule has 3 heteroatoms. The molecule has 1 N–H and O–H groups in total. The number of ether oxygens (including phenoxy) is 1. The van der Waals surface area contributed by atoms with Gasteiger partial charge < -0.3 is 10.1 Å². The minimum absolute atomic E-state index is 0.00852. The van der Waals surface area contributed by atoms with Crippen molar-refractivity contribution in [2.45, 2.75) is 46.1 Å². The van der Waals surface area contributed by atoms with Gasteiger partial charge in [0, 0.05) is 0 Å². The summed E-state index contributed by atoms with van der Waals surface area (Å²) in [6.07, 6.45) is 3.92. The van der Waals surface area contributed by atoms with E-state index in [-0.39, 0.29) is 12.1 Å². The number of nitrogens with one attached hydrogen (secondary N) is 1. The maximum Gasteiger partial charge on any atom is 0.320 e. The molecule has 0 aliphatic heterocycles. The average molecular weight is 213 g/mol. The predicted octanol–water partition coefficient (Wildman–Crippen LogP) is 1.96. The summed E-state index contributed by atoms with van der Waals surface area (Å²) < 4.78 is 5.03. The van der Waals surface area contributed by atoms with Crippen LogP contribution in [0.3, 0.4) is 0 Å². The SMILES string of the molecule is CC1CCC(CNCC(=O)OC(C)C)C1. The van der Waals surface area contributed by atoms with E-state index >= 15 is 0 Å². The van der Waals surface area contributed by atoms with E-state index in [0.29, 0.717) is 6.54 Å². The fraction of sp³-hybridized carbons (Fsp3) is 0.917. The Hall–Kier alpha value is -0.570. The second-order valence-corrected chi connectivity index (χ2v) is 4.95. The van der Waals surface area contributed by atoms with Crippen LogP contribution >= 0.6 is 0 Å². The lowest BCUT2D eigenvalue weighted by Gasteiger charge is -2.12. The first kappa shape index (κ1) is 12.5. The maximum atomic E-state index is 11.2. The maximum absolute atomic E-state index is 11.2. The fourth-order valence-corrected chi connectivity index (χ4v) is 2.19. The molecule has 2 unspecified atom stereocenters. The summed E-state index contributed by atoms with van der Waals surface area (Å²) in [6.45, 7) is 7.35. The molecular formula is C12H23NO2. The van der Waals surface area contributed by atoms with E-state index in [1.807, 2.05) is 13.8 Å². The predicted molar refractivity (Wildman–Crippen MR) is 60.6 cm³/mol. The minimum atomic E-state index is -0.143. The van der Waals surface area contributed by atoms with Crippen molar-refractivity contribution >= 4 is 5.97 Å². The summed E-state index contributed by atoms with van der Waals surface area (Å²) in [5.41, 5.74) is 0. The molecule has 0 spiro atoms. The monoisotopic (exact) mass is 213 g/mol. The van der Waals surface area contributed by atoms with E-state index in [9.17, 15) is 4.79 Å². The highest BCUT2D eigenvalue weighted by Crippen LogP contribution is 2.29. The van der Waals surface area contributed by atoms with Gasteiger partial charge in [-0.25, -0.2) is 0 Å². The summed E-state index contributed by atoms with van der Waals surface area (Å²) >= 11 is 0. The van der Waals surface area contributed by atoms with Gasteiger partial charge in [0.1, 0.15) is 0 Å². The molecule has 0 amide bonds. The highest BCUT2D eigenvalue weighted by molar-refractivity contribution is 5.71. The van der Waals surface area contributed by atoms with Gasteiger partial charge in [0.2, 0.25) is 0 Å². The van der Waals surface area contributed by atoms with Gasteiger partial charge in [-0.3, -0.25) is 4.79 Å². The minimum Gasteiger partial charge on any atom is -0.462 e. The normalized spacial score (nSPS) is 25.9. The van der Waals surface area contributed by atoms with Gasteiger partial charge in [-0.1, -0.05) is 13.3 Å². The molecule has 15 heavy (non-hydrogen) atoms. The number of carbonyl (C=O) groups excluding carboxylic acids is 1. The molecule has 1 aliphatic rings. The average Bonchev–Trinajstić information content (AvgIpc) is 2.50. The third kappa shape index (κ3) is 5.17. The van der Waals surface area contributed by atoms with Crippen LogP contribution in [0.15, 0.2) is 0 Å². The Bertz CT molecular complexity index is 204. The van der Waals surface area contributed by atoms with Gasteiger partial charge in [-0.05, 0) is 45.1 Å². The van der Waals surface area contributed by atoms with Gasteiger partial charge in [-0.2, -0.15) is 0 Å². The number of hydrogen-bond donors (Lipinski definition) is 1. The van der Waals surface area contributed by atoms with Crippen LogP contribution in [-0.4, -0.2) is 25.2 Å². The summed E-state index contributed by atoms with van der Waals surface area (Å²) in [5.74, 6) is 1.47. The highest BCUT2D eigenvalue weighted by Gasteiger charge is 2.20. The lowest BCUT2D eigenvalue weighted by Crippen LogP contribution is -2.30. The molecule has 3 nitrogen and oxygen atoms in total. The Morgan fingerprint density at radius 1 is 1.47 bits per heavy atom. The third-order valence-electron chi connectivity index (χ3n) is 2.87. The summed E-state index contributed by atoms with van der Waals surface area (Å²) in [6, 6.07) is 0. The van der Waals surface area contributed by atoms with Crippen molar-refractivity contribution in [2.75, 3.05) is 13.1 Å². The Labute approximate surface area is 92.6 Å². The van der Waals surface area contributed by atoms with Crippen LogP contribution in [0.4, 0.5) is 0 Å². The number of rotatable bonds is 5. The molecule has 1 fully saturated rings. The van der Waals surface area contributed by atoms with E-state index in [4.69, 9.17) is 4.74 Å². The number of carbonyl (C=O) groups is 1. The second-order valence-electron chi connectivity index (χ2n) is 4.95. The molecule has 0 aromatic heterocycles. The topological polar surface area (TPSA) is 38.3 Å². The molecular weight excluding hydrogens is 190 g/mol. The summed E-state index contributed by atoms with van der Waals surface area (Å²) in [7, 11) is 0. The lowest BCUT2D eigenvalue weighted by molar-refractivity contribution is -0.146. The van der Waals surface area contributed by atoms with E-state index in [0.717, 1.165) is 18.4 Å².